The number of ether oxygens (including phenoxy) is 3. The molecule has 3 aliphatic rings. The maximum atomic E-state index is 12.5. The Morgan fingerprint density at radius 1 is 0.821 bits per heavy atom. The summed E-state index contributed by atoms with van der Waals surface area (Å²) in [6.45, 7) is 12.6. The van der Waals surface area contributed by atoms with Crippen molar-refractivity contribution in [1.29, 1.82) is 0 Å². The number of fused-ring (bicyclic) bond motifs is 2. The number of carbonyl (C=O) groups is 2. The van der Waals surface area contributed by atoms with Gasteiger partial charge in [-0.25, -0.2) is 4.79 Å². The molecule has 0 spiro atoms. The number of hydrogen-bond donors (Lipinski definition) is 2. The second-order valence-corrected chi connectivity index (χ2v) is 16.0. The number of nitrogens with zero attached hydrogens (tertiary/aromatic N) is 2. The molecular formula is C47H65N4O5+. The quantitative estimate of drug-likeness (QED) is 0.0643. The summed E-state index contributed by atoms with van der Waals surface area (Å²) in [6.07, 6.45) is 23.2. The molecule has 0 aromatic heterocycles. The topological polar surface area (TPSA) is 92.1 Å². The highest BCUT2D eigenvalue weighted by Gasteiger charge is 2.42. The van der Waals surface area contributed by atoms with Gasteiger partial charge in [0.05, 0.1) is 31.8 Å². The van der Waals surface area contributed by atoms with Crippen LogP contribution in [-0.2, 0) is 29.8 Å². The van der Waals surface area contributed by atoms with Crippen LogP contribution < -0.4 is 15.5 Å². The molecule has 56 heavy (non-hydrogen) atoms. The van der Waals surface area contributed by atoms with Gasteiger partial charge in [-0.15, -0.1) is 0 Å². The lowest BCUT2D eigenvalue weighted by atomic mass is 9.81. The number of benzene rings is 2. The molecule has 0 saturated heterocycles. The van der Waals surface area contributed by atoms with Gasteiger partial charge in [-0.05, 0) is 76.2 Å². The number of allylic oxidation sites excluding steroid dienone is 7. The number of unbranched alkanes of at least 4 members (excludes halogenated alkanes) is 2. The minimum absolute atomic E-state index is 0.0448. The van der Waals surface area contributed by atoms with Gasteiger partial charge >= 0.3 is 6.09 Å². The second-order valence-electron chi connectivity index (χ2n) is 16.0. The molecule has 1 unspecified atom stereocenters. The lowest BCUT2D eigenvalue weighted by Crippen LogP contribution is -2.31. The zero-order chi connectivity index (χ0) is 39.8. The molecule has 0 fully saturated rings. The zero-order valence-electron chi connectivity index (χ0n) is 34.5. The van der Waals surface area contributed by atoms with Gasteiger partial charge in [-0.1, -0.05) is 87.4 Å². The van der Waals surface area contributed by atoms with Crippen LogP contribution in [0.3, 0.4) is 0 Å². The van der Waals surface area contributed by atoms with Gasteiger partial charge in [-0.3, -0.25) is 4.79 Å². The molecule has 2 aromatic carbocycles. The molecule has 9 heteroatoms. The van der Waals surface area contributed by atoms with Gasteiger partial charge in [0.15, 0.2) is 5.71 Å². The first-order valence-corrected chi connectivity index (χ1v) is 20.8. The average Bonchev–Trinajstić information content (AvgIpc) is 3.50. The number of rotatable bonds is 19. The normalized spacial score (nSPS) is 19.9. The molecule has 0 saturated carbocycles. The van der Waals surface area contributed by atoms with E-state index in [1.54, 1.807) is 0 Å². The summed E-state index contributed by atoms with van der Waals surface area (Å²) in [6, 6.07) is 17.4. The van der Waals surface area contributed by atoms with Crippen molar-refractivity contribution in [3.63, 3.8) is 0 Å². The maximum absolute atomic E-state index is 12.5. The molecular weight excluding hydrogens is 701 g/mol. The molecule has 1 aliphatic carbocycles. The molecule has 0 bridgehead atoms. The molecule has 2 aromatic rings. The van der Waals surface area contributed by atoms with Crippen LogP contribution in [-0.4, -0.2) is 81.5 Å². The van der Waals surface area contributed by atoms with E-state index in [0.717, 1.165) is 45.1 Å². The molecule has 0 radical (unpaired) electrons. The van der Waals surface area contributed by atoms with E-state index in [-0.39, 0.29) is 22.8 Å². The Bertz CT molecular complexity index is 1770. The lowest BCUT2D eigenvalue weighted by molar-refractivity contribution is -0.401. The third-order valence-electron chi connectivity index (χ3n) is 11.2. The smallest absolute Gasteiger partial charge is 0.407 e. The fraction of sp³-hybridized carbons (Fsp3) is 0.511. The summed E-state index contributed by atoms with van der Waals surface area (Å²) in [5, 5.41) is 5.71. The minimum Gasteiger partial charge on any atom is -0.442 e. The van der Waals surface area contributed by atoms with Crippen molar-refractivity contribution in [3.05, 3.63) is 108 Å². The molecule has 2 amide bonds. The number of anilines is 1. The highest BCUT2D eigenvalue weighted by Crippen LogP contribution is 2.47. The van der Waals surface area contributed by atoms with Gasteiger partial charge in [-0.2, -0.15) is 4.58 Å². The fourth-order valence-electron chi connectivity index (χ4n) is 8.08. The van der Waals surface area contributed by atoms with Crippen molar-refractivity contribution in [2.24, 2.45) is 0 Å². The van der Waals surface area contributed by atoms with E-state index in [0.29, 0.717) is 45.9 Å². The first-order valence-electron chi connectivity index (χ1n) is 20.8. The van der Waals surface area contributed by atoms with E-state index < -0.39 is 6.09 Å². The Morgan fingerprint density at radius 2 is 1.55 bits per heavy atom. The Hall–Kier alpha value is -4.47. The Morgan fingerprint density at radius 3 is 2.34 bits per heavy atom. The minimum atomic E-state index is -0.408. The maximum Gasteiger partial charge on any atom is 0.407 e. The number of carbonyl (C=O) groups excluding carboxylic acids is 2. The monoisotopic (exact) mass is 765 g/mol. The van der Waals surface area contributed by atoms with Crippen molar-refractivity contribution >= 4 is 29.1 Å². The Balaban J connectivity index is 0.957. The van der Waals surface area contributed by atoms with Gasteiger partial charge in [0, 0.05) is 60.6 Å². The van der Waals surface area contributed by atoms with E-state index in [2.05, 4.69) is 140 Å². The van der Waals surface area contributed by atoms with Crippen molar-refractivity contribution in [2.45, 2.75) is 102 Å². The molecule has 2 N–H and O–H groups in total. The van der Waals surface area contributed by atoms with Crippen LogP contribution in [0.25, 0.3) is 0 Å². The van der Waals surface area contributed by atoms with Crippen molar-refractivity contribution in [2.75, 3.05) is 58.0 Å². The molecule has 2 aliphatic heterocycles. The summed E-state index contributed by atoms with van der Waals surface area (Å²) < 4.78 is 18.9. The molecule has 5 rings (SSSR count). The van der Waals surface area contributed by atoms with Gasteiger partial charge in [0.25, 0.3) is 0 Å². The van der Waals surface area contributed by atoms with Crippen molar-refractivity contribution < 1.29 is 28.4 Å². The second kappa shape index (κ2) is 21.2. The standard InChI is InChI=1S/C47H64N4O5/c1-46(2)38-23-16-18-25-40(38)50(5)42(46)27-13-9-14-28-43-47(3,4)39-24-17-19-26-41(39)51(43)32-20-10-15-29-44(52)48-30-33-54-35-36-55-34-31-49-45(53)56-37-21-11-7-6-8-12-22-37/h9,11,13-14,16-19,21,23-28,37H,6-8,10,12,15,20,22,29-36H2,1-5H3,(H-,48,49,52,53)/p+1/b21-11+. The van der Waals surface area contributed by atoms with Crippen LogP contribution in [0, 0.1) is 0 Å². The van der Waals surface area contributed by atoms with E-state index in [1.165, 1.54) is 46.8 Å². The van der Waals surface area contributed by atoms with Gasteiger partial charge < -0.3 is 29.7 Å². The third-order valence-corrected chi connectivity index (χ3v) is 11.2. The van der Waals surface area contributed by atoms with Crippen LogP contribution in [0.1, 0.15) is 96.6 Å². The van der Waals surface area contributed by atoms with Gasteiger partial charge in [0.1, 0.15) is 13.2 Å². The SMILES string of the molecule is C[N+]1=C(/C=C/C=C/C=C2/N(CCCCCC(=O)NCCOCCOCCNC(=O)OC3/C=C/CCCCC3)c3ccccc3C2(C)C)C(C)(C)c2ccccc21. The Labute approximate surface area is 335 Å². The van der Waals surface area contributed by atoms with Crippen LogP contribution >= 0.6 is 0 Å². The number of nitrogens with one attached hydrogen (secondary N) is 2. The molecule has 2 heterocycles. The number of alkyl carbamates (subject to hydrolysis) is 1. The van der Waals surface area contributed by atoms with E-state index in [1.807, 2.05) is 6.08 Å². The Kier molecular flexibility index (Phi) is 16.1. The number of hydrogen-bond acceptors (Lipinski definition) is 6. The zero-order valence-corrected chi connectivity index (χ0v) is 34.5. The third kappa shape index (κ3) is 11.5. The van der Waals surface area contributed by atoms with Crippen LogP contribution in [0.15, 0.2) is 96.8 Å². The molecule has 302 valence electrons. The highest BCUT2D eigenvalue weighted by atomic mass is 16.6. The van der Waals surface area contributed by atoms with E-state index in [9.17, 15) is 9.59 Å². The highest BCUT2D eigenvalue weighted by molar-refractivity contribution is 6.03. The number of amides is 2. The molecule has 1 atom stereocenters. The summed E-state index contributed by atoms with van der Waals surface area (Å²) in [5.74, 6) is 0.0540. The van der Waals surface area contributed by atoms with Crippen molar-refractivity contribution in [1.82, 2.24) is 10.6 Å². The fourth-order valence-corrected chi connectivity index (χ4v) is 8.08. The average molecular weight is 766 g/mol. The van der Waals surface area contributed by atoms with Crippen LogP contribution in [0.5, 0.6) is 0 Å². The molecule has 9 nitrogen and oxygen atoms in total. The van der Waals surface area contributed by atoms with E-state index >= 15 is 0 Å². The van der Waals surface area contributed by atoms with E-state index in [4.69, 9.17) is 14.2 Å². The van der Waals surface area contributed by atoms with Crippen LogP contribution in [0.4, 0.5) is 16.2 Å². The first-order chi connectivity index (χ1) is 27.1. The van der Waals surface area contributed by atoms with Crippen molar-refractivity contribution in [3.8, 4) is 0 Å². The van der Waals surface area contributed by atoms with Gasteiger partial charge in [0.2, 0.25) is 11.6 Å². The first kappa shape index (κ1) is 42.7. The number of para-hydroxylation sites is 2. The van der Waals surface area contributed by atoms with Crippen LogP contribution in [0.2, 0.25) is 0 Å². The summed E-state index contributed by atoms with van der Waals surface area (Å²) in [5.41, 5.74) is 7.67. The lowest BCUT2D eigenvalue weighted by Gasteiger charge is -2.27. The predicted octanol–water partition coefficient (Wildman–Crippen LogP) is 8.81. The summed E-state index contributed by atoms with van der Waals surface area (Å²) in [4.78, 5) is 27.0. The largest absolute Gasteiger partial charge is 0.442 e. The summed E-state index contributed by atoms with van der Waals surface area (Å²) >= 11 is 0. The predicted molar refractivity (Wildman–Crippen MR) is 227 cm³/mol. The summed E-state index contributed by atoms with van der Waals surface area (Å²) in [7, 11) is 2.15.